The lowest BCUT2D eigenvalue weighted by Gasteiger charge is -2.10. The quantitative estimate of drug-likeness (QED) is 0.639. The van der Waals surface area contributed by atoms with E-state index in [1.165, 1.54) is 0 Å². The Morgan fingerprint density at radius 2 is 1.31 bits per heavy atom. The first-order chi connectivity index (χ1) is 7.56. The van der Waals surface area contributed by atoms with Crippen molar-refractivity contribution in [3.05, 3.63) is 0 Å². The van der Waals surface area contributed by atoms with Crippen molar-refractivity contribution in [1.82, 2.24) is 10.0 Å². The van der Waals surface area contributed by atoms with E-state index in [0.717, 1.165) is 8.75 Å². The van der Waals surface area contributed by atoms with Crippen LogP contribution in [0.5, 0.6) is 0 Å². The van der Waals surface area contributed by atoms with Gasteiger partial charge in [0.05, 0.1) is 10.7 Å². The van der Waals surface area contributed by atoms with Crippen LogP contribution < -0.4 is 0 Å². The van der Waals surface area contributed by atoms with Crippen molar-refractivity contribution in [3.8, 4) is 0 Å². The van der Waals surface area contributed by atoms with Crippen molar-refractivity contribution in [2.45, 2.75) is 24.6 Å². The van der Waals surface area contributed by atoms with Crippen molar-refractivity contribution in [2.75, 3.05) is 14.1 Å². The van der Waals surface area contributed by atoms with E-state index in [9.17, 15) is 0 Å². The molecule has 2 aliphatic rings. The maximum atomic E-state index is 4.45. The van der Waals surface area contributed by atoms with Crippen LogP contribution in [0.3, 0.4) is 0 Å². The molecule has 0 fully saturated rings. The van der Waals surface area contributed by atoms with Gasteiger partial charge in [-0.3, -0.25) is 10.0 Å². The summed E-state index contributed by atoms with van der Waals surface area (Å²) in [4.78, 5) is 0. The smallest absolute Gasteiger partial charge is 0.163 e. The molecule has 0 radical (unpaired) electrons. The minimum absolute atomic E-state index is 0.447. The zero-order valence-electron chi connectivity index (χ0n) is 9.58. The number of hydrazone groups is 2. The molecule has 0 saturated carbocycles. The van der Waals surface area contributed by atoms with Crippen LogP contribution in [0.2, 0.25) is 0 Å². The molecule has 16 heavy (non-hydrogen) atoms. The number of hydrogen-bond donors (Lipinski definition) is 0. The van der Waals surface area contributed by atoms with E-state index in [1.807, 2.05) is 24.1 Å². The van der Waals surface area contributed by atoms with Gasteiger partial charge in [-0.05, 0) is 35.4 Å². The van der Waals surface area contributed by atoms with Gasteiger partial charge in [-0.15, -0.1) is 0 Å². The number of nitrogens with zero attached hydrogens (tertiary/aromatic N) is 4. The number of hydrogen-bond acceptors (Lipinski definition) is 8. The van der Waals surface area contributed by atoms with Crippen LogP contribution in [0.4, 0.5) is 0 Å². The Balaban J connectivity index is 1.81. The summed E-state index contributed by atoms with van der Waals surface area (Å²) < 4.78 is 2.23. The van der Waals surface area contributed by atoms with Crippen LogP contribution in [0.1, 0.15) is 13.8 Å². The molecular weight excluding hydrogens is 280 g/mol. The van der Waals surface area contributed by atoms with Gasteiger partial charge in [0.15, 0.2) is 8.75 Å². The van der Waals surface area contributed by atoms with Gasteiger partial charge in [-0.2, -0.15) is 10.2 Å². The van der Waals surface area contributed by atoms with Gasteiger partial charge in [0.1, 0.15) is 0 Å². The number of rotatable bonds is 0. The molecule has 4 nitrogen and oxygen atoms in total. The van der Waals surface area contributed by atoms with E-state index in [0.29, 0.717) is 10.7 Å². The highest BCUT2D eigenvalue weighted by Gasteiger charge is 2.24. The molecule has 2 atom stereocenters. The van der Waals surface area contributed by atoms with Gasteiger partial charge < -0.3 is 0 Å². The third-order valence-electron chi connectivity index (χ3n) is 2.26. The molecule has 2 aliphatic heterocycles. The summed E-state index contributed by atoms with van der Waals surface area (Å²) in [6.07, 6.45) is 0. The molecule has 0 aromatic rings. The first-order valence-corrected chi connectivity index (χ1v) is 8.78. The molecule has 0 saturated heterocycles. The first-order valence-electron chi connectivity index (χ1n) is 4.87. The fourth-order valence-corrected chi connectivity index (χ4v) is 5.95. The molecule has 0 aromatic carbocycles. The standard InChI is InChI=1S/C8H14N4S4/c1-5-11(3)9-7(13-5)15-16-8-10-12(4)6(2)14-8/h5-6H,1-4H3. The number of thioether (sulfide) groups is 2. The lowest BCUT2D eigenvalue weighted by molar-refractivity contribution is 0.358. The summed E-state index contributed by atoms with van der Waals surface area (Å²) >= 11 is 3.60. The van der Waals surface area contributed by atoms with Gasteiger partial charge in [0.25, 0.3) is 0 Å². The first kappa shape index (κ1) is 12.8. The summed E-state index contributed by atoms with van der Waals surface area (Å²) in [5.41, 5.74) is 0. The highest BCUT2D eigenvalue weighted by atomic mass is 33.1. The molecule has 0 spiro atoms. The fourth-order valence-electron chi connectivity index (χ4n) is 1.06. The van der Waals surface area contributed by atoms with Crippen LogP contribution in [-0.2, 0) is 0 Å². The Kier molecular flexibility index (Phi) is 4.26. The lowest BCUT2D eigenvalue weighted by Crippen LogP contribution is -2.14. The maximum absolute atomic E-state index is 4.45. The SMILES string of the molecule is CC1SC(SSC2=NN(C)C(C)S2)=NN1C. The normalized spacial score (nSPS) is 29.8. The second-order valence-corrected chi connectivity index (χ2v) is 8.71. The van der Waals surface area contributed by atoms with E-state index in [1.54, 1.807) is 45.1 Å². The van der Waals surface area contributed by atoms with Crippen LogP contribution in [-0.4, -0.2) is 43.6 Å². The largest absolute Gasteiger partial charge is 0.285 e. The molecule has 0 bridgehead atoms. The third kappa shape index (κ3) is 2.96. The monoisotopic (exact) mass is 294 g/mol. The van der Waals surface area contributed by atoms with E-state index in [2.05, 4.69) is 24.1 Å². The van der Waals surface area contributed by atoms with E-state index >= 15 is 0 Å². The minimum Gasteiger partial charge on any atom is -0.285 e. The molecule has 2 rings (SSSR count). The fraction of sp³-hybridized carbons (Fsp3) is 0.750. The average molecular weight is 294 g/mol. The Morgan fingerprint density at radius 3 is 1.56 bits per heavy atom. The Labute approximate surface area is 112 Å². The van der Waals surface area contributed by atoms with Gasteiger partial charge in [-0.1, -0.05) is 23.5 Å². The van der Waals surface area contributed by atoms with E-state index < -0.39 is 0 Å². The topological polar surface area (TPSA) is 31.2 Å². The van der Waals surface area contributed by atoms with Crippen molar-refractivity contribution < 1.29 is 0 Å². The van der Waals surface area contributed by atoms with Crippen molar-refractivity contribution in [1.29, 1.82) is 0 Å². The molecule has 8 heteroatoms. The lowest BCUT2D eigenvalue weighted by atomic mass is 10.7. The maximum Gasteiger partial charge on any atom is 0.163 e. The van der Waals surface area contributed by atoms with E-state index in [-0.39, 0.29) is 0 Å². The molecule has 2 unspecified atom stereocenters. The summed E-state index contributed by atoms with van der Waals surface area (Å²) in [5, 5.41) is 13.8. The summed E-state index contributed by atoms with van der Waals surface area (Å²) in [6.45, 7) is 4.31. The van der Waals surface area contributed by atoms with Crippen LogP contribution >= 0.6 is 45.1 Å². The predicted octanol–water partition coefficient (Wildman–Crippen LogP) is 2.96. The molecular formula is C8H14N4S4. The Morgan fingerprint density at radius 1 is 0.938 bits per heavy atom. The second-order valence-electron chi connectivity index (χ2n) is 3.48. The molecule has 90 valence electrons. The van der Waals surface area contributed by atoms with Crippen LogP contribution in [0.25, 0.3) is 0 Å². The third-order valence-corrected chi connectivity index (χ3v) is 7.56. The molecule has 2 heterocycles. The molecule has 0 aliphatic carbocycles. The predicted molar refractivity (Wildman–Crippen MR) is 79.7 cm³/mol. The minimum atomic E-state index is 0.447. The summed E-state index contributed by atoms with van der Waals surface area (Å²) in [7, 11) is 7.42. The van der Waals surface area contributed by atoms with Gasteiger partial charge in [0, 0.05) is 14.1 Å². The van der Waals surface area contributed by atoms with Crippen molar-refractivity contribution in [3.63, 3.8) is 0 Å². The van der Waals surface area contributed by atoms with Crippen molar-refractivity contribution in [2.24, 2.45) is 10.2 Å². The zero-order chi connectivity index (χ0) is 11.7. The zero-order valence-corrected chi connectivity index (χ0v) is 12.8. The molecule has 0 aromatic heterocycles. The summed E-state index contributed by atoms with van der Waals surface area (Å²) in [5.74, 6) is 0. The Bertz CT molecular complexity index is 300. The van der Waals surface area contributed by atoms with Crippen LogP contribution in [0.15, 0.2) is 10.2 Å². The average Bonchev–Trinajstić information content (AvgIpc) is 2.70. The van der Waals surface area contributed by atoms with Crippen LogP contribution in [0, 0.1) is 0 Å². The highest BCUT2D eigenvalue weighted by Crippen LogP contribution is 2.41. The highest BCUT2D eigenvalue weighted by molar-refractivity contribution is 8.93. The Hall–Kier alpha value is 0.340. The van der Waals surface area contributed by atoms with Gasteiger partial charge in [-0.25, -0.2) is 0 Å². The van der Waals surface area contributed by atoms with Gasteiger partial charge >= 0.3 is 0 Å². The summed E-state index contributed by atoms with van der Waals surface area (Å²) in [6, 6.07) is 0. The van der Waals surface area contributed by atoms with E-state index in [4.69, 9.17) is 0 Å². The van der Waals surface area contributed by atoms with Crippen molar-refractivity contribution >= 4 is 53.9 Å². The second kappa shape index (κ2) is 5.32. The van der Waals surface area contributed by atoms with Gasteiger partial charge in [0.2, 0.25) is 0 Å². The molecule has 0 amide bonds. The molecule has 0 N–H and O–H groups in total.